The second-order valence-electron chi connectivity index (χ2n) is 2.84. The fraction of sp³-hybridized carbons (Fsp3) is 0.385. The van der Waals surface area contributed by atoms with Gasteiger partial charge >= 0.3 is 0 Å². The summed E-state index contributed by atoms with van der Waals surface area (Å²) >= 11 is 0. The first kappa shape index (κ1) is 15.2. The largest absolute Gasteiger partial charge is 0.399 e. The van der Waals surface area contributed by atoms with Crippen molar-refractivity contribution in [1.82, 2.24) is 15.0 Å². The van der Waals surface area contributed by atoms with Crippen molar-refractivity contribution < 1.29 is 0 Å². The van der Waals surface area contributed by atoms with Crippen molar-refractivity contribution in [2.45, 2.75) is 34.2 Å². The molecule has 17 heavy (non-hydrogen) atoms. The van der Waals surface area contributed by atoms with E-state index in [1.807, 2.05) is 58.2 Å². The Labute approximate surface area is 103 Å². The van der Waals surface area contributed by atoms with E-state index in [0.29, 0.717) is 0 Å². The molecule has 0 aliphatic carbocycles. The molecule has 1 aromatic heterocycles. The van der Waals surface area contributed by atoms with Gasteiger partial charge in [0, 0.05) is 11.9 Å². The smallest absolute Gasteiger partial charge is 0.0693 e. The summed E-state index contributed by atoms with van der Waals surface area (Å²) in [6, 6.07) is 7.73. The van der Waals surface area contributed by atoms with Crippen LogP contribution in [-0.4, -0.2) is 15.0 Å². The summed E-state index contributed by atoms with van der Waals surface area (Å²) in [6.45, 7) is 8.74. The van der Waals surface area contributed by atoms with Gasteiger partial charge in [-0.2, -0.15) is 0 Å². The molecule has 0 aliphatic rings. The summed E-state index contributed by atoms with van der Waals surface area (Å²) in [5, 5.41) is 7.59. The maximum atomic E-state index is 5.57. The number of hydrogen-bond acceptors (Lipinski definition) is 3. The maximum absolute atomic E-state index is 5.57. The molecule has 4 heteroatoms. The summed E-state index contributed by atoms with van der Waals surface area (Å²) in [5.41, 5.74) is 7.51. The van der Waals surface area contributed by atoms with E-state index in [-0.39, 0.29) is 0 Å². The molecule has 0 aliphatic heterocycles. The molecule has 2 N–H and O–H groups in total. The lowest BCUT2D eigenvalue weighted by atomic mass is 10.2. The van der Waals surface area contributed by atoms with Crippen LogP contribution in [0.15, 0.2) is 36.7 Å². The molecule has 0 bridgehead atoms. The molecule has 2 aromatic rings. The molecule has 0 saturated heterocycles. The molecule has 0 radical (unpaired) electrons. The van der Waals surface area contributed by atoms with E-state index in [9.17, 15) is 0 Å². The van der Waals surface area contributed by atoms with Gasteiger partial charge in [-0.05, 0) is 17.7 Å². The molecule has 1 heterocycles. The number of nitrogens with two attached hydrogens (primary N) is 1. The first-order chi connectivity index (χ1) is 8.34. The van der Waals surface area contributed by atoms with Crippen molar-refractivity contribution in [3.63, 3.8) is 0 Å². The summed E-state index contributed by atoms with van der Waals surface area (Å²) in [4.78, 5) is 0. The molecule has 0 atom stereocenters. The van der Waals surface area contributed by atoms with Crippen molar-refractivity contribution in [2.75, 3.05) is 5.73 Å². The van der Waals surface area contributed by atoms with Crippen LogP contribution in [0.1, 0.15) is 33.3 Å². The molecular formula is C13H22N4. The van der Waals surface area contributed by atoms with Crippen molar-refractivity contribution in [1.29, 1.82) is 0 Å². The van der Waals surface area contributed by atoms with Crippen LogP contribution in [0.4, 0.5) is 5.69 Å². The van der Waals surface area contributed by atoms with E-state index in [4.69, 9.17) is 5.73 Å². The summed E-state index contributed by atoms with van der Waals surface area (Å²) in [5.74, 6) is 0. The second-order valence-corrected chi connectivity index (χ2v) is 2.84. The molecule has 2 rings (SSSR count). The van der Waals surface area contributed by atoms with E-state index < -0.39 is 0 Å². The van der Waals surface area contributed by atoms with Gasteiger partial charge in [0.05, 0.1) is 12.7 Å². The lowest BCUT2D eigenvalue weighted by Crippen LogP contribution is -2.00. The predicted molar refractivity (Wildman–Crippen MR) is 72.7 cm³/mol. The van der Waals surface area contributed by atoms with Gasteiger partial charge in [0.15, 0.2) is 0 Å². The number of aromatic nitrogens is 3. The van der Waals surface area contributed by atoms with Gasteiger partial charge in [-0.25, -0.2) is 4.68 Å². The first-order valence-corrected chi connectivity index (χ1v) is 6.03. The minimum atomic E-state index is 0.736. The first-order valence-electron chi connectivity index (χ1n) is 6.03. The van der Waals surface area contributed by atoms with E-state index in [0.717, 1.165) is 12.2 Å². The normalized spacial score (nSPS) is 8.47. The highest BCUT2D eigenvalue weighted by molar-refractivity contribution is 5.39. The number of benzene rings is 1. The average Bonchev–Trinajstić information content (AvgIpc) is 2.90. The highest BCUT2D eigenvalue weighted by Gasteiger charge is 1.94. The monoisotopic (exact) mass is 234 g/mol. The van der Waals surface area contributed by atoms with Crippen LogP contribution >= 0.6 is 0 Å². The third kappa shape index (κ3) is 5.70. The standard InChI is InChI=1S/C9H10N4.2C2H6/c10-9-3-1-8(2-4-9)7-13-6-5-11-12-13;2*1-2/h1-6H,7,10H2;2*1-2H3. The number of rotatable bonds is 2. The fourth-order valence-corrected chi connectivity index (χ4v) is 1.13. The van der Waals surface area contributed by atoms with E-state index in [2.05, 4.69) is 10.3 Å². The molecule has 0 amide bonds. The Morgan fingerprint density at radius 1 is 1.06 bits per heavy atom. The Balaban J connectivity index is 0.000000581. The van der Waals surface area contributed by atoms with E-state index in [1.54, 1.807) is 10.9 Å². The zero-order valence-corrected chi connectivity index (χ0v) is 11.1. The molecule has 4 nitrogen and oxygen atoms in total. The van der Waals surface area contributed by atoms with Crippen LogP contribution in [0.5, 0.6) is 0 Å². The van der Waals surface area contributed by atoms with Gasteiger partial charge in [0.25, 0.3) is 0 Å². The fourth-order valence-electron chi connectivity index (χ4n) is 1.13. The van der Waals surface area contributed by atoms with Crippen LogP contribution in [0, 0.1) is 0 Å². The number of nitrogens with zero attached hydrogens (tertiary/aromatic N) is 3. The number of anilines is 1. The third-order valence-electron chi connectivity index (χ3n) is 1.80. The topological polar surface area (TPSA) is 56.7 Å². The summed E-state index contributed by atoms with van der Waals surface area (Å²) in [6.07, 6.45) is 3.49. The quantitative estimate of drug-likeness (QED) is 0.813. The Morgan fingerprint density at radius 2 is 1.65 bits per heavy atom. The van der Waals surface area contributed by atoms with Gasteiger partial charge in [-0.3, -0.25) is 0 Å². The third-order valence-corrected chi connectivity index (χ3v) is 1.80. The van der Waals surface area contributed by atoms with Gasteiger partial charge < -0.3 is 5.73 Å². The number of nitrogen functional groups attached to an aromatic ring is 1. The summed E-state index contributed by atoms with van der Waals surface area (Å²) < 4.78 is 1.77. The van der Waals surface area contributed by atoms with Gasteiger partial charge in [0.1, 0.15) is 0 Å². The zero-order valence-electron chi connectivity index (χ0n) is 11.1. The minimum absolute atomic E-state index is 0.736. The average molecular weight is 234 g/mol. The highest BCUT2D eigenvalue weighted by Crippen LogP contribution is 2.06. The lowest BCUT2D eigenvalue weighted by Gasteiger charge is -2.00. The predicted octanol–water partition coefficient (Wildman–Crippen LogP) is 2.96. The Hall–Kier alpha value is -1.84. The molecule has 0 spiro atoms. The van der Waals surface area contributed by atoms with Crippen LogP contribution in [0.25, 0.3) is 0 Å². The van der Waals surface area contributed by atoms with Crippen molar-refractivity contribution in [2.24, 2.45) is 0 Å². The molecule has 0 fully saturated rings. The van der Waals surface area contributed by atoms with E-state index in [1.165, 1.54) is 5.56 Å². The molecule has 94 valence electrons. The molecule has 1 aromatic carbocycles. The summed E-state index contributed by atoms with van der Waals surface area (Å²) in [7, 11) is 0. The lowest BCUT2D eigenvalue weighted by molar-refractivity contribution is 0.650. The van der Waals surface area contributed by atoms with Crippen molar-refractivity contribution in [3.8, 4) is 0 Å². The van der Waals surface area contributed by atoms with Gasteiger partial charge in [-0.1, -0.05) is 45.0 Å². The van der Waals surface area contributed by atoms with Crippen LogP contribution in [-0.2, 0) is 6.54 Å². The van der Waals surface area contributed by atoms with Gasteiger partial charge in [-0.15, -0.1) is 5.10 Å². The maximum Gasteiger partial charge on any atom is 0.0693 e. The Morgan fingerprint density at radius 3 is 2.12 bits per heavy atom. The molecule has 0 unspecified atom stereocenters. The van der Waals surface area contributed by atoms with Gasteiger partial charge in [0.2, 0.25) is 0 Å². The van der Waals surface area contributed by atoms with Crippen LogP contribution in [0.3, 0.4) is 0 Å². The van der Waals surface area contributed by atoms with Crippen LogP contribution in [0.2, 0.25) is 0 Å². The van der Waals surface area contributed by atoms with Crippen molar-refractivity contribution >= 4 is 5.69 Å². The van der Waals surface area contributed by atoms with Crippen molar-refractivity contribution in [3.05, 3.63) is 42.2 Å². The van der Waals surface area contributed by atoms with E-state index >= 15 is 0 Å². The second kappa shape index (κ2) is 9.39. The SMILES string of the molecule is CC.CC.Nc1ccc(Cn2ccnn2)cc1. The highest BCUT2D eigenvalue weighted by atomic mass is 15.4. The van der Waals surface area contributed by atoms with Crippen LogP contribution < -0.4 is 5.73 Å². The minimum Gasteiger partial charge on any atom is -0.399 e. The number of hydrogen-bond donors (Lipinski definition) is 1. The molecule has 0 saturated carbocycles. The molecular weight excluding hydrogens is 212 g/mol. The Bertz CT molecular complexity index is 365. The Kier molecular flexibility index (Phi) is 8.37. The zero-order chi connectivity index (χ0) is 13.1.